The summed E-state index contributed by atoms with van der Waals surface area (Å²) in [6.45, 7) is 6.50. The lowest BCUT2D eigenvalue weighted by Crippen LogP contribution is -2.46. The van der Waals surface area contributed by atoms with Crippen LogP contribution in [-0.2, 0) is 4.74 Å². The number of rotatable bonds is 7. The Morgan fingerprint density at radius 3 is 2.62 bits per heavy atom. The summed E-state index contributed by atoms with van der Waals surface area (Å²) in [4.78, 5) is 4.81. The van der Waals surface area contributed by atoms with E-state index in [1.165, 1.54) is 0 Å². The number of nitrogens with zero attached hydrogens (tertiary/aromatic N) is 3. The van der Waals surface area contributed by atoms with Crippen LogP contribution >= 0.6 is 11.6 Å². The lowest BCUT2D eigenvalue weighted by molar-refractivity contribution is 0.124. The first-order valence-corrected chi connectivity index (χ1v) is 7.85. The highest BCUT2D eigenvalue weighted by molar-refractivity contribution is 6.33. The molecule has 5 heteroatoms. The fourth-order valence-electron chi connectivity index (χ4n) is 2.53. The summed E-state index contributed by atoms with van der Waals surface area (Å²) in [6.07, 6.45) is 1.51. The minimum atomic E-state index is 0.483. The first kappa shape index (κ1) is 16.1. The van der Waals surface area contributed by atoms with E-state index in [9.17, 15) is 0 Å². The molecule has 0 spiro atoms. The quantitative estimate of drug-likeness (QED) is 0.726. The fourth-order valence-corrected chi connectivity index (χ4v) is 2.79. The number of piperazine rings is 1. The first-order chi connectivity index (χ1) is 10.3. The first-order valence-electron chi connectivity index (χ1n) is 7.48. The second kappa shape index (κ2) is 8.89. The van der Waals surface area contributed by atoms with Gasteiger partial charge in [-0.3, -0.25) is 4.90 Å². The summed E-state index contributed by atoms with van der Waals surface area (Å²) in [5.74, 6) is 0. The third kappa shape index (κ3) is 5.20. The summed E-state index contributed by atoms with van der Waals surface area (Å²) in [6, 6.07) is 10.1. The zero-order valence-corrected chi connectivity index (χ0v) is 13.1. The molecule has 0 N–H and O–H groups in total. The van der Waals surface area contributed by atoms with Crippen LogP contribution in [0.5, 0.6) is 0 Å². The van der Waals surface area contributed by atoms with Gasteiger partial charge in [-0.2, -0.15) is 5.26 Å². The van der Waals surface area contributed by atoms with Gasteiger partial charge in [0.25, 0.3) is 0 Å². The van der Waals surface area contributed by atoms with E-state index in [1.54, 1.807) is 0 Å². The molecule has 0 unspecified atom stereocenters. The normalized spacial score (nSPS) is 15.9. The van der Waals surface area contributed by atoms with Crippen molar-refractivity contribution in [3.05, 3.63) is 29.3 Å². The van der Waals surface area contributed by atoms with Crippen LogP contribution in [-0.4, -0.2) is 50.8 Å². The molecule has 1 aliphatic rings. The van der Waals surface area contributed by atoms with Crippen molar-refractivity contribution >= 4 is 17.3 Å². The van der Waals surface area contributed by atoms with Crippen molar-refractivity contribution < 1.29 is 4.74 Å². The maximum Gasteiger partial charge on any atom is 0.0645 e. The summed E-state index contributed by atoms with van der Waals surface area (Å²) >= 11 is 6.24. The second-order valence-electron chi connectivity index (χ2n) is 5.15. The Balaban J connectivity index is 1.65. The van der Waals surface area contributed by atoms with Crippen molar-refractivity contribution in [1.82, 2.24) is 4.90 Å². The van der Waals surface area contributed by atoms with Crippen LogP contribution in [0.3, 0.4) is 0 Å². The average molecular weight is 308 g/mol. The Bertz CT molecular complexity index is 467. The van der Waals surface area contributed by atoms with Crippen LogP contribution in [0.4, 0.5) is 5.69 Å². The van der Waals surface area contributed by atoms with Gasteiger partial charge in [0.1, 0.15) is 0 Å². The minimum Gasteiger partial charge on any atom is -0.380 e. The number of halogens is 1. The highest BCUT2D eigenvalue weighted by atomic mass is 35.5. The molecule has 0 amide bonds. The van der Waals surface area contributed by atoms with Gasteiger partial charge < -0.3 is 9.64 Å². The maximum atomic E-state index is 8.41. The lowest BCUT2D eigenvalue weighted by atomic mass is 10.2. The number of hydrogen-bond donors (Lipinski definition) is 0. The highest BCUT2D eigenvalue weighted by Crippen LogP contribution is 2.25. The van der Waals surface area contributed by atoms with Gasteiger partial charge >= 0.3 is 0 Å². The van der Waals surface area contributed by atoms with Gasteiger partial charge in [0, 0.05) is 39.3 Å². The molecule has 0 aromatic heterocycles. The van der Waals surface area contributed by atoms with Gasteiger partial charge in [-0.05, 0) is 18.6 Å². The van der Waals surface area contributed by atoms with Gasteiger partial charge in [0.2, 0.25) is 0 Å². The smallest absolute Gasteiger partial charge is 0.0645 e. The Kier molecular flexibility index (Phi) is 6.81. The Morgan fingerprint density at radius 2 is 1.90 bits per heavy atom. The number of hydrogen-bond acceptors (Lipinski definition) is 4. The lowest BCUT2D eigenvalue weighted by Gasteiger charge is -2.36. The summed E-state index contributed by atoms with van der Waals surface area (Å²) in [7, 11) is 0. The molecule has 0 radical (unpaired) electrons. The molecular weight excluding hydrogens is 286 g/mol. The number of benzene rings is 1. The van der Waals surface area contributed by atoms with Crippen molar-refractivity contribution in [2.45, 2.75) is 12.8 Å². The predicted octanol–water partition coefficient (Wildman–Crippen LogP) is 2.78. The standard InChI is InChI=1S/C16H22ClN3O/c17-15-5-1-2-6-16(15)20-11-9-19(10-12-20)8-4-14-21-13-3-7-18/h1-2,5-6H,3-4,8-14H2. The fraction of sp³-hybridized carbons (Fsp3) is 0.562. The van der Waals surface area contributed by atoms with Gasteiger partial charge in [0.05, 0.1) is 29.8 Å². The maximum absolute atomic E-state index is 8.41. The number of para-hydroxylation sites is 1. The monoisotopic (exact) mass is 307 g/mol. The molecule has 0 saturated carbocycles. The van der Waals surface area contributed by atoms with Crippen molar-refractivity contribution in [3.8, 4) is 6.07 Å². The number of ether oxygens (including phenoxy) is 1. The minimum absolute atomic E-state index is 0.483. The zero-order chi connectivity index (χ0) is 14.9. The SMILES string of the molecule is N#CCCOCCCN1CCN(c2ccccc2Cl)CC1. The molecule has 1 fully saturated rings. The van der Waals surface area contributed by atoms with Gasteiger partial charge in [-0.1, -0.05) is 23.7 Å². The Hall–Kier alpha value is -1.28. The van der Waals surface area contributed by atoms with Crippen LogP contribution in [0, 0.1) is 11.3 Å². The topological polar surface area (TPSA) is 39.5 Å². The third-order valence-corrected chi connectivity index (χ3v) is 4.01. The number of nitriles is 1. The summed E-state index contributed by atoms with van der Waals surface area (Å²) < 4.78 is 5.39. The second-order valence-corrected chi connectivity index (χ2v) is 5.56. The van der Waals surface area contributed by atoms with Crippen molar-refractivity contribution in [2.24, 2.45) is 0 Å². The summed E-state index contributed by atoms with van der Waals surface area (Å²) in [5.41, 5.74) is 1.14. The van der Waals surface area contributed by atoms with Crippen LogP contribution < -0.4 is 4.90 Å². The van der Waals surface area contributed by atoms with E-state index in [0.717, 1.165) is 56.5 Å². The van der Waals surface area contributed by atoms with E-state index >= 15 is 0 Å². The molecule has 21 heavy (non-hydrogen) atoms. The third-order valence-electron chi connectivity index (χ3n) is 3.69. The largest absolute Gasteiger partial charge is 0.380 e. The molecule has 1 aromatic carbocycles. The summed E-state index contributed by atoms with van der Waals surface area (Å²) in [5, 5.41) is 9.24. The molecule has 0 bridgehead atoms. The van der Waals surface area contributed by atoms with Crippen molar-refractivity contribution in [2.75, 3.05) is 50.8 Å². The molecule has 1 aromatic rings. The van der Waals surface area contributed by atoms with Gasteiger partial charge in [0.15, 0.2) is 0 Å². The van der Waals surface area contributed by atoms with E-state index in [0.29, 0.717) is 13.0 Å². The molecule has 4 nitrogen and oxygen atoms in total. The molecular formula is C16H22ClN3O. The van der Waals surface area contributed by atoms with E-state index in [4.69, 9.17) is 21.6 Å². The van der Waals surface area contributed by atoms with Crippen LogP contribution in [0.1, 0.15) is 12.8 Å². The average Bonchev–Trinajstić information content (AvgIpc) is 2.52. The van der Waals surface area contributed by atoms with E-state index in [-0.39, 0.29) is 0 Å². The highest BCUT2D eigenvalue weighted by Gasteiger charge is 2.18. The van der Waals surface area contributed by atoms with E-state index in [2.05, 4.69) is 21.9 Å². The molecule has 114 valence electrons. The van der Waals surface area contributed by atoms with E-state index < -0.39 is 0 Å². The molecule has 1 saturated heterocycles. The molecule has 1 heterocycles. The van der Waals surface area contributed by atoms with Crippen molar-refractivity contribution in [1.29, 1.82) is 5.26 Å². The predicted molar refractivity (Wildman–Crippen MR) is 85.8 cm³/mol. The van der Waals surface area contributed by atoms with Gasteiger partial charge in [-0.25, -0.2) is 0 Å². The van der Waals surface area contributed by atoms with Crippen LogP contribution in [0.25, 0.3) is 0 Å². The number of anilines is 1. The molecule has 2 rings (SSSR count). The Labute approximate surface area is 131 Å². The molecule has 0 aliphatic carbocycles. The molecule has 0 atom stereocenters. The van der Waals surface area contributed by atoms with Crippen LogP contribution in [0.2, 0.25) is 5.02 Å². The Morgan fingerprint density at radius 1 is 1.14 bits per heavy atom. The van der Waals surface area contributed by atoms with Gasteiger partial charge in [-0.15, -0.1) is 0 Å². The zero-order valence-electron chi connectivity index (χ0n) is 12.3. The molecule has 1 aliphatic heterocycles. The van der Waals surface area contributed by atoms with Crippen LogP contribution in [0.15, 0.2) is 24.3 Å². The van der Waals surface area contributed by atoms with E-state index in [1.807, 2.05) is 18.2 Å². The van der Waals surface area contributed by atoms with Crippen molar-refractivity contribution in [3.63, 3.8) is 0 Å².